The molecule has 0 aromatic rings. The average molecular weight is 287 g/mol. The largest absolute Gasteiger partial charge is 0.476 e. The number of aliphatic imine (C=N–C) groups is 1. The van der Waals surface area contributed by atoms with Crippen molar-refractivity contribution in [2.75, 3.05) is 20.2 Å². The van der Waals surface area contributed by atoms with Crippen LogP contribution in [0.2, 0.25) is 0 Å². The van der Waals surface area contributed by atoms with Gasteiger partial charge < -0.3 is 15.2 Å². The first kappa shape index (κ1) is 13.4. The Balaban J connectivity index is 1.91. The summed E-state index contributed by atoms with van der Waals surface area (Å²) in [5.74, 6) is -5.06. The van der Waals surface area contributed by atoms with Crippen molar-refractivity contribution in [2.24, 2.45) is 10.9 Å². The number of rotatable bonds is 4. The zero-order valence-electron chi connectivity index (χ0n) is 10.9. The Morgan fingerprint density at radius 2 is 2.20 bits per heavy atom. The number of carboxylic acids is 1. The Hall–Kier alpha value is -1.54. The van der Waals surface area contributed by atoms with Crippen LogP contribution in [0, 0.1) is 5.92 Å². The molecule has 2 aliphatic heterocycles. The molecule has 0 aromatic carbocycles. The van der Waals surface area contributed by atoms with Crippen LogP contribution in [0.4, 0.5) is 8.78 Å². The van der Waals surface area contributed by atoms with Gasteiger partial charge in [0.2, 0.25) is 5.85 Å². The van der Waals surface area contributed by atoms with Gasteiger partial charge in [0.25, 0.3) is 5.92 Å². The van der Waals surface area contributed by atoms with Gasteiger partial charge in [0.1, 0.15) is 0 Å². The van der Waals surface area contributed by atoms with Crippen molar-refractivity contribution in [3.05, 3.63) is 11.9 Å². The normalized spacial score (nSPS) is 32.8. The van der Waals surface area contributed by atoms with Crippen molar-refractivity contribution >= 4 is 11.7 Å². The lowest BCUT2D eigenvalue weighted by Gasteiger charge is -2.51. The maximum atomic E-state index is 13.1. The van der Waals surface area contributed by atoms with E-state index in [4.69, 9.17) is 9.84 Å². The van der Waals surface area contributed by atoms with Crippen LogP contribution in [0.3, 0.4) is 0 Å². The van der Waals surface area contributed by atoms with E-state index in [1.54, 1.807) is 0 Å². The second-order valence-electron chi connectivity index (χ2n) is 5.31. The number of hydrogen-bond acceptors (Lipinski definition) is 5. The molecule has 0 spiro atoms. The standard InChI is InChI=1S/C12H15F2N3O3/c1-20-12(17-5-11(13,14)6-17)9(7-2-3-7)16-8(4-15-12)10(18)19/h4,7,15H,2-3,5-6H2,1H3,(H,18,19). The fraction of sp³-hybridized carbons (Fsp3) is 0.667. The molecule has 2 heterocycles. The maximum absolute atomic E-state index is 13.1. The van der Waals surface area contributed by atoms with Crippen LogP contribution in [0.15, 0.2) is 16.9 Å². The summed E-state index contributed by atoms with van der Waals surface area (Å²) in [6.07, 6.45) is 2.93. The minimum atomic E-state index is -2.74. The van der Waals surface area contributed by atoms with Crippen LogP contribution in [0.5, 0.6) is 0 Å². The van der Waals surface area contributed by atoms with E-state index < -0.39 is 30.8 Å². The molecule has 0 radical (unpaired) electrons. The molecular weight excluding hydrogens is 272 g/mol. The van der Waals surface area contributed by atoms with Gasteiger partial charge in [0.05, 0.1) is 18.8 Å². The molecule has 1 aliphatic carbocycles. The summed E-state index contributed by atoms with van der Waals surface area (Å²) in [7, 11) is 1.40. The SMILES string of the molecule is COC1(N2CC(F)(F)C2)NC=C(C(=O)O)N=C1C1CC1. The van der Waals surface area contributed by atoms with E-state index >= 15 is 0 Å². The highest BCUT2D eigenvalue weighted by Crippen LogP contribution is 2.42. The number of carbonyl (C=O) groups is 1. The fourth-order valence-electron chi connectivity index (χ4n) is 2.59. The molecule has 1 saturated carbocycles. The van der Waals surface area contributed by atoms with E-state index in [1.807, 2.05) is 0 Å². The molecule has 2 fully saturated rings. The van der Waals surface area contributed by atoms with Crippen molar-refractivity contribution in [3.63, 3.8) is 0 Å². The second kappa shape index (κ2) is 4.23. The van der Waals surface area contributed by atoms with E-state index in [0.29, 0.717) is 5.71 Å². The van der Waals surface area contributed by atoms with E-state index in [2.05, 4.69) is 10.3 Å². The minimum Gasteiger partial charge on any atom is -0.476 e. The number of nitrogens with zero attached hydrogens (tertiary/aromatic N) is 2. The zero-order chi connectivity index (χ0) is 14.5. The molecule has 1 atom stereocenters. The molecule has 2 N–H and O–H groups in total. The van der Waals surface area contributed by atoms with Crippen LogP contribution < -0.4 is 5.32 Å². The van der Waals surface area contributed by atoms with Gasteiger partial charge in [-0.2, -0.15) is 0 Å². The number of halogens is 2. The fourth-order valence-corrected chi connectivity index (χ4v) is 2.59. The number of alkyl halides is 2. The van der Waals surface area contributed by atoms with Gasteiger partial charge in [-0.15, -0.1) is 0 Å². The van der Waals surface area contributed by atoms with E-state index in [1.165, 1.54) is 18.2 Å². The summed E-state index contributed by atoms with van der Waals surface area (Å²) in [6.45, 7) is -0.869. The molecule has 0 bridgehead atoms. The van der Waals surface area contributed by atoms with E-state index in [9.17, 15) is 13.6 Å². The Morgan fingerprint density at radius 1 is 1.55 bits per heavy atom. The van der Waals surface area contributed by atoms with Crippen LogP contribution >= 0.6 is 0 Å². The summed E-state index contributed by atoms with van der Waals surface area (Å²) in [4.78, 5) is 16.6. The smallest absolute Gasteiger partial charge is 0.356 e. The molecule has 0 aromatic heterocycles. The molecule has 0 amide bonds. The number of ether oxygens (including phenoxy) is 1. The Kier molecular flexibility index (Phi) is 2.84. The monoisotopic (exact) mass is 287 g/mol. The predicted octanol–water partition coefficient (Wildman–Crippen LogP) is 0.618. The first-order valence-electron chi connectivity index (χ1n) is 6.36. The van der Waals surface area contributed by atoms with Gasteiger partial charge in [0.15, 0.2) is 5.70 Å². The molecule has 6 nitrogen and oxygen atoms in total. The lowest BCUT2D eigenvalue weighted by Crippen LogP contribution is -2.74. The van der Waals surface area contributed by atoms with E-state index in [0.717, 1.165) is 12.8 Å². The molecule has 20 heavy (non-hydrogen) atoms. The minimum absolute atomic E-state index is 0.0831. The highest BCUT2D eigenvalue weighted by Gasteiger charge is 2.58. The predicted molar refractivity (Wildman–Crippen MR) is 65.3 cm³/mol. The summed E-state index contributed by atoms with van der Waals surface area (Å²) in [5, 5.41) is 11.8. The third-order valence-electron chi connectivity index (χ3n) is 3.76. The van der Waals surface area contributed by atoms with E-state index in [-0.39, 0.29) is 11.6 Å². The summed E-state index contributed by atoms with van der Waals surface area (Å²) < 4.78 is 31.7. The molecule has 3 aliphatic rings. The average Bonchev–Trinajstić information content (AvgIpc) is 3.19. The van der Waals surface area contributed by atoms with Gasteiger partial charge in [-0.25, -0.2) is 23.5 Å². The van der Waals surface area contributed by atoms with Crippen LogP contribution in [0.25, 0.3) is 0 Å². The van der Waals surface area contributed by atoms with Gasteiger partial charge in [0, 0.05) is 19.2 Å². The topological polar surface area (TPSA) is 74.2 Å². The summed E-state index contributed by atoms with van der Waals surface area (Å²) >= 11 is 0. The van der Waals surface area contributed by atoms with Gasteiger partial charge in [-0.1, -0.05) is 0 Å². The third kappa shape index (κ3) is 1.99. The second-order valence-corrected chi connectivity index (χ2v) is 5.31. The summed E-state index contributed by atoms with van der Waals surface area (Å²) in [6, 6.07) is 0. The van der Waals surface area contributed by atoms with Gasteiger partial charge in [-0.05, 0) is 12.8 Å². The quantitative estimate of drug-likeness (QED) is 0.793. The first-order valence-corrected chi connectivity index (χ1v) is 6.36. The number of carboxylic acid groups (broad SMARTS) is 1. The third-order valence-corrected chi connectivity index (χ3v) is 3.76. The van der Waals surface area contributed by atoms with Crippen LogP contribution in [-0.2, 0) is 9.53 Å². The van der Waals surface area contributed by atoms with Crippen molar-refractivity contribution < 1.29 is 23.4 Å². The molecule has 1 unspecified atom stereocenters. The molecular formula is C12H15F2N3O3. The number of nitrogens with one attached hydrogen (secondary N) is 1. The molecule has 3 rings (SSSR count). The number of hydrogen-bond donors (Lipinski definition) is 2. The lowest BCUT2D eigenvalue weighted by molar-refractivity contribution is -0.222. The number of aliphatic carboxylic acids is 1. The first-order chi connectivity index (χ1) is 9.38. The number of methoxy groups -OCH3 is 1. The number of likely N-dealkylation sites (tertiary alicyclic amines) is 1. The van der Waals surface area contributed by atoms with Crippen molar-refractivity contribution in [3.8, 4) is 0 Å². The van der Waals surface area contributed by atoms with Crippen molar-refractivity contribution in [1.29, 1.82) is 0 Å². The Morgan fingerprint density at radius 3 is 2.65 bits per heavy atom. The van der Waals surface area contributed by atoms with Gasteiger partial charge >= 0.3 is 5.97 Å². The van der Waals surface area contributed by atoms with Crippen molar-refractivity contribution in [2.45, 2.75) is 24.6 Å². The van der Waals surface area contributed by atoms with Crippen LogP contribution in [-0.4, -0.2) is 53.7 Å². The summed E-state index contributed by atoms with van der Waals surface area (Å²) in [5.41, 5.74) is 0.349. The molecule has 110 valence electrons. The van der Waals surface area contributed by atoms with Gasteiger partial charge in [-0.3, -0.25) is 0 Å². The highest BCUT2D eigenvalue weighted by molar-refractivity contribution is 6.01. The van der Waals surface area contributed by atoms with Crippen molar-refractivity contribution in [1.82, 2.24) is 10.2 Å². The maximum Gasteiger partial charge on any atom is 0.356 e. The van der Waals surface area contributed by atoms with Crippen LogP contribution in [0.1, 0.15) is 12.8 Å². The molecule has 8 heteroatoms. The lowest BCUT2D eigenvalue weighted by atomic mass is 10.0. The molecule has 1 saturated heterocycles. The highest BCUT2D eigenvalue weighted by atomic mass is 19.3. The zero-order valence-corrected chi connectivity index (χ0v) is 10.9. The Labute approximate surface area is 114 Å². The Bertz CT molecular complexity index is 508.